The standard InChI is InChI=1S/C7H11BN2O3/c1-2-13-7-6(9)3-5(4-10-7)8(11)12/h3-4,11-12H,2,9H2,1H3. The van der Waals surface area contributed by atoms with Crippen LogP contribution >= 0.6 is 0 Å². The van der Waals surface area contributed by atoms with Gasteiger partial charge in [0, 0.05) is 11.7 Å². The average Bonchev–Trinajstić information content (AvgIpc) is 2.08. The van der Waals surface area contributed by atoms with Crippen LogP contribution in [0.15, 0.2) is 12.3 Å². The minimum Gasteiger partial charge on any atom is -0.477 e. The highest BCUT2D eigenvalue weighted by atomic mass is 16.5. The maximum atomic E-state index is 8.79. The largest absolute Gasteiger partial charge is 0.490 e. The highest BCUT2D eigenvalue weighted by Gasteiger charge is 2.13. The second-order valence-electron chi connectivity index (χ2n) is 2.47. The van der Waals surface area contributed by atoms with Gasteiger partial charge in [-0.2, -0.15) is 0 Å². The van der Waals surface area contributed by atoms with Crippen LogP contribution in [0.2, 0.25) is 0 Å². The third-order valence-corrected chi connectivity index (χ3v) is 1.48. The Bertz CT molecular complexity index is 293. The highest BCUT2D eigenvalue weighted by molar-refractivity contribution is 6.58. The van der Waals surface area contributed by atoms with Gasteiger partial charge in [-0.15, -0.1) is 0 Å². The quantitative estimate of drug-likeness (QED) is 0.508. The van der Waals surface area contributed by atoms with E-state index >= 15 is 0 Å². The molecule has 0 spiro atoms. The molecule has 0 radical (unpaired) electrons. The van der Waals surface area contributed by atoms with Crippen LogP contribution in [0.1, 0.15) is 6.92 Å². The summed E-state index contributed by atoms with van der Waals surface area (Å²) in [7, 11) is -1.55. The van der Waals surface area contributed by atoms with Gasteiger partial charge in [0.25, 0.3) is 0 Å². The Balaban J connectivity index is 2.92. The van der Waals surface area contributed by atoms with Crippen molar-refractivity contribution >= 4 is 18.3 Å². The molecular weight excluding hydrogens is 171 g/mol. The van der Waals surface area contributed by atoms with E-state index in [1.807, 2.05) is 6.92 Å². The number of rotatable bonds is 3. The summed E-state index contributed by atoms with van der Waals surface area (Å²) >= 11 is 0. The topological polar surface area (TPSA) is 88.6 Å². The number of nitrogens with zero attached hydrogens (tertiary/aromatic N) is 1. The molecule has 0 bridgehead atoms. The van der Waals surface area contributed by atoms with Gasteiger partial charge in [0.2, 0.25) is 5.88 Å². The minimum absolute atomic E-state index is 0.251. The summed E-state index contributed by atoms with van der Waals surface area (Å²) in [5.74, 6) is 0.312. The van der Waals surface area contributed by atoms with Crippen LogP contribution in [0.4, 0.5) is 5.69 Å². The Morgan fingerprint density at radius 1 is 1.62 bits per heavy atom. The van der Waals surface area contributed by atoms with Crippen molar-refractivity contribution in [3.8, 4) is 5.88 Å². The van der Waals surface area contributed by atoms with E-state index in [2.05, 4.69) is 4.98 Å². The van der Waals surface area contributed by atoms with E-state index in [1.165, 1.54) is 12.3 Å². The normalized spacial score (nSPS) is 9.77. The van der Waals surface area contributed by atoms with Gasteiger partial charge in [-0.1, -0.05) is 0 Å². The molecule has 1 rings (SSSR count). The second-order valence-corrected chi connectivity index (χ2v) is 2.47. The van der Waals surface area contributed by atoms with Gasteiger partial charge in [0.05, 0.1) is 12.3 Å². The smallest absolute Gasteiger partial charge is 0.477 e. The van der Waals surface area contributed by atoms with Crippen LogP contribution < -0.4 is 15.9 Å². The molecule has 0 aliphatic rings. The van der Waals surface area contributed by atoms with Crippen LogP contribution in [0, 0.1) is 0 Å². The first-order chi connectivity index (χ1) is 6.15. The summed E-state index contributed by atoms with van der Waals surface area (Å²) in [5.41, 5.74) is 6.08. The van der Waals surface area contributed by atoms with E-state index in [4.69, 9.17) is 20.5 Å². The van der Waals surface area contributed by atoms with Gasteiger partial charge in [-0.3, -0.25) is 0 Å². The molecule has 0 fully saturated rings. The molecule has 0 amide bonds. The first-order valence-corrected chi connectivity index (χ1v) is 3.89. The number of nitrogen functional groups attached to an aromatic ring is 1. The molecule has 0 atom stereocenters. The molecule has 0 unspecified atom stereocenters. The zero-order valence-corrected chi connectivity index (χ0v) is 7.27. The van der Waals surface area contributed by atoms with Gasteiger partial charge >= 0.3 is 7.12 Å². The van der Waals surface area contributed by atoms with Gasteiger partial charge < -0.3 is 20.5 Å². The maximum Gasteiger partial charge on any atom is 0.490 e. The first kappa shape index (κ1) is 9.82. The Morgan fingerprint density at radius 2 is 2.31 bits per heavy atom. The summed E-state index contributed by atoms with van der Waals surface area (Å²) in [5, 5.41) is 17.6. The summed E-state index contributed by atoms with van der Waals surface area (Å²) in [6.45, 7) is 2.29. The fourth-order valence-electron chi connectivity index (χ4n) is 0.885. The Hall–Kier alpha value is -1.27. The molecule has 4 N–H and O–H groups in total. The van der Waals surface area contributed by atoms with Crippen molar-refractivity contribution in [1.29, 1.82) is 0 Å². The predicted molar refractivity (Wildman–Crippen MR) is 49.6 cm³/mol. The SMILES string of the molecule is CCOc1ncc(B(O)O)cc1N. The van der Waals surface area contributed by atoms with Crippen molar-refractivity contribution in [3.63, 3.8) is 0 Å². The van der Waals surface area contributed by atoms with Gasteiger partial charge in [0.15, 0.2) is 0 Å². The van der Waals surface area contributed by atoms with Gasteiger partial charge in [-0.05, 0) is 13.0 Å². The van der Waals surface area contributed by atoms with Crippen LogP contribution in [-0.4, -0.2) is 28.8 Å². The predicted octanol–water partition coefficient (Wildman–Crippen LogP) is -1.26. The molecular formula is C7H11BN2O3. The minimum atomic E-state index is -1.55. The number of nitrogens with two attached hydrogens (primary N) is 1. The highest BCUT2D eigenvalue weighted by Crippen LogP contribution is 2.14. The van der Waals surface area contributed by atoms with Crippen LogP contribution in [-0.2, 0) is 0 Å². The third kappa shape index (κ3) is 2.33. The summed E-state index contributed by atoms with van der Waals surface area (Å²) in [4.78, 5) is 3.82. The number of aromatic nitrogens is 1. The lowest BCUT2D eigenvalue weighted by Crippen LogP contribution is -2.30. The number of pyridine rings is 1. The molecule has 5 nitrogen and oxygen atoms in total. The van der Waals surface area contributed by atoms with E-state index in [0.29, 0.717) is 18.2 Å². The Morgan fingerprint density at radius 3 is 2.77 bits per heavy atom. The lowest BCUT2D eigenvalue weighted by atomic mass is 9.81. The fourth-order valence-corrected chi connectivity index (χ4v) is 0.885. The molecule has 6 heteroatoms. The number of hydrogen-bond acceptors (Lipinski definition) is 5. The van der Waals surface area contributed by atoms with Gasteiger partial charge in [0.1, 0.15) is 0 Å². The van der Waals surface area contributed by atoms with E-state index in [1.54, 1.807) is 0 Å². The summed E-state index contributed by atoms with van der Waals surface area (Å²) < 4.78 is 5.07. The van der Waals surface area contributed by atoms with E-state index in [9.17, 15) is 0 Å². The van der Waals surface area contributed by atoms with E-state index < -0.39 is 7.12 Å². The Kier molecular flexibility index (Phi) is 3.10. The molecule has 0 aromatic carbocycles. The lowest BCUT2D eigenvalue weighted by Gasteiger charge is -2.06. The molecule has 0 aliphatic carbocycles. The molecule has 1 aromatic rings. The van der Waals surface area contributed by atoms with Crippen molar-refractivity contribution in [3.05, 3.63) is 12.3 Å². The van der Waals surface area contributed by atoms with Crippen molar-refractivity contribution in [2.24, 2.45) is 0 Å². The first-order valence-electron chi connectivity index (χ1n) is 3.89. The van der Waals surface area contributed by atoms with E-state index in [-0.39, 0.29) is 5.46 Å². The zero-order valence-electron chi connectivity index (χ0n) is 7.27. The third-order valence-electron chi connectivity index (χ3n) is 1.48. The van der Waals surface area contributed by atoms with Crippen LogP contribution in [0.3, 0.4) is 0 Å². The average molecular weight is 182 g/mol. The fraction of sp³-hybridized carbons (Fsp3) is 0.286. The molecule has 0 saturated heterocycles. The molecule has 1 heterocycles. The molecule has 1 aromatic heterocycles. The molecule has 0 aliphatic heterocycles. The summed E-state index contributed by atoms with van der Waals surface area (Å²) in [6, 6.07) is 1.42. The van der Waals surface area contributed by atoms with Crippen molar-refractivity contribution in [1.82, 2.24) is 4.98 Å². The van der Waals surface area contributed by atoms with Crippen molar-refractivity contribution in [2.75, 3.05) is 12.3 Å². The summed E-state index contributed by atoms with van der Waals surface area (Å²) in [6.07, 6.45) is 1.31. The Labute approximate surface area is 76.3 Å². The molecule has 0 saturated carbocycles. The van der Waals surface area contributed by atoms with Crippen LogP contribution in [0.5, 0.6) is 5.88 Å². The van der Waals surface area contributed by atoms with E-state index in [0.717, 1.165) is 0 Å². The number of ether oxygens (including phenoxy) is 1. The van der Waals surface area contributed by atoms with Crippen molar-refractivity contribution in [2.45, 2.75) is 6.92 Å². The maximum absolute atomic E-state index is 8.79. The lowest BCUT2D eigenvalue weighted by molar-refractivity contribution is 0.329. The molecule has 13 heavy (non-hydrogen) atoms. The van der Waals surface area contributed by atoms with Crippen molar-refractivity contribution < 1.29 is 14.8 Å². The van der Waals surface area contributed by atoms with Gasteiger partial charge in [-0.25, -0.2) is 4.98 Å². The monoisotopic (exact) mass is 182 g/mol. The number of hydrogen-bond donors (Lipinski definition) is 3. The second kappa shape index (κ2) is 4.11. The zero-order chi connectivity index (χ0) is 9.84. The molecule has 70 valence electrons. The number of anilines is 1. The van der Waals surface area contributed by atoms with Crippen LogP contribution in [0.25, 0.3) is 0 Å².